The summed E-state index contributed by atoms with van der Waals surface area (Å²) >= 11 is 0. The molecule has 4 heteroatoms. The first-order valence-corrected chi connectivity index (χ1v) is 5.90. The molecule has 0 amide bonds. The van der Waals surface area contributed by atoms with Gasteiger partial charge >= 0.3 is 5.63 Å². The van der Waals surface area contributed by atoms with Gasteiger partial charge in [-0.05, 0) is 36.8 Å². The van der Waals surface area contributed by atoms with Crippen molar-refractivity contribution in [3.63, 3.8) is 0 Å². The standard InChI is InChI=1S/C15H11FO3/c1-8(16)9-2-4-12-13(6-9)11-5-3-10(17)7-14(11)19-15(12)18/h2-8,17H,1H3. The molecule has 0 saturated heterocycles. The number of halogens is 1. The van der Waals surface area contributed by atoms with E-state index in [2.05, 4.69) is 0 Å². The van der Waals surface area contributed by atoms with Gasteiger partial charge in [0, 0.05) is 16.8 Å². The van der Waals surface area contributed by atoms with Gasteiger partial charge in [0.1, 0.15) is 17.5 Å². The lowest BCUT2D eigenvalue weighted by atomic mass is 10.0. The van der Waals surface area contributed by atoms with Gasteiger partial charge in [0.2, 0.25) is 0 Å². The highest BCUT2D eigenvalue weighted by molar-refractivity contribution is 6.04. The number of benzene rings is 2. The van der Waals surface area contributed by atoms with Crippen LogP contribution in [-0.4, -0.2) is 5.11 Å². The van der Waals surface area contributed by atoms with Crippen molar-refractivity contribution in [2.24, 2.45) is 0 Å². The zero-order valence-corrected chi connectivity index (χ0v) is 10.2. The Labute approximate surface area is 107 Å². The lowest BCUT2D eigenvalue weighted by Gasteiger charge is -2.06. The lowest BCUT2D eigenvalue weighted by Crippen LogP contribution is -2.00. The summed E-state index contributed by atoms with van der Waals surface area (Å²) in [5.41, 5.74) is 0.305. The lowest BCUT2D eigenvalue weighted by molar-refractivity contribution is 0.374. The summed E-state index contributed by atoms with van der Waals surface area (Å²) in [4.78, 5) is 11.8. The first-order chi connectivity index (χ1) is 9.06. The second kappa shape index (κ2) is 4.09. The highest BCUT2D eigenvalue weighted by Gasteiger charge is 2.10. The first-order valence-electron chi connectivity index (χ1n) is 5.90. The van der Waals surface area contributed by atoms with Gasteiger partial charge in [-0.3, -0.25) is 0 Å². The van der Waals surface area contributed by atoms with Crippen LogP contribution in [0.2, 0.25) is 0 Å². The topological polar surface area (TPSA) is 50.4 Å². The molecule has 0 radical (unpaired) electrons. The van der Waals surface area contributed by atoms with E-state index < -0.39 is 11.8 Å². The van der Waals surface area contributed by atoms with E-state index in [0.717, 1.165) is 0 Å². The van der Waals surface area contributed by atoms with Gasteiger partial charge in [0.15, 0.2) is 0 Å². The molecule has 0 fully saturated rings. The Morgan fingerprint density at radius 1 is 1.11 bits per heavy atom. The third-order valence-electron chi connectivity index (χ3n) is 3.18. The van der Waals surface area contributed by atoms with E-state index in [4.69, 9.17) is 4.42 Å². The van der Waals surface area contributed by atoms with Crippen molar-refractivity contribution in [1.29, 1.82) is 0 Å². The number of fused-ring (bicyclic) bond motifs is 3. The van der Waals surface area contributed by atoms with Gasteiger partial charge in [-0.25, -0.2) is 9.18 Å². The van der Waals surface area contributed by atoms with Gasteiger partial charge in [0.05, 0.1) is 5.39 Å². The number of rotatable bonds is 1. The zero-order chi connectivity index (χ0) is 13.6. The molecular weight excluding hydrogens is 247 g/mol. The van der Waals surface area contributed by atoms with Crippen molar-refractivity contribution in [3.05, 3.63) is 52.4 Å². The predicted octanol–water partition coefficient (Wildman–Crippen LogP) is 3.68. The molecule has 1 N–H and O–H groups in total. The molecule has 19 heavy (non-hydrogen) atoms. The van der Waals surface area contributed by atoms with Crippen LogP contribution in [0.1, 0.15) is 18.7 Å². The van der Waals surface area contributed by atoms with Crippen LogP contribution >= 0.6 is 0 Å². The van der Waals surface area contributed by atoms with E-state index in [1.807, 2.05) is 0 Å². The average Bonchev–Trinajstić information content (AvgIpc) is 2.37. The normalized spacial score (nSPS) is 12.9. The smallest absolute Gasteiger partial charge is 0.344 e. The van der Waals surface area contributed by atoms with Crippen LogP contribution in [0.3, 0.4) is 0 Å². The molecule has 1 unspecified atom stereocenters. The fourth-order valence-electron chi connectivity index (χ4n) is 2.18. The molecule has 0 aliphatic carbocycles. The minimum absolute atomic E-state index is 0.0185. The maximum atomic E-state index is 13.4. The number of phenols is 1. The quantitative estimate of drug-likeness (QED) is 0.535. The van der Waals surface area contributed by atoms with Crippen molar-refractivity contribution >= 4 is 21.7 Å². The first kappa shape index (κ1) is 11.7. The fourth-order valence-corrected chi connectivity index (χ4v) is 2.18. The predicted molar refractivity (Wildman–Crippen MR) is 71.2 cm³/mol. The fraction of sp³-hybridized carbons (Fsp3) is 0.133. The third kappa shape index (κ3) is 1.85. The molecular formula is C15H11FO3. The number of alkyl halides is 1. The zero-order valence-electron chi connectivity index (χ0n) is 10.2. The van der Waals surface area contributed by atoms with Gasteiger partial charge < -0.3 is 9.52 Å². The molecule has 1 atom stereocenters. The average molecular weight is 258 g/mol. The van der Waals surface area contributed by atoms with Crippen molar-refractivity contribution in [2.45, 2.75) is 13.1 Å². The Morgan fingerprint density at radius 3 is 2.58 bits per heavy atom. The molecule has 0 saturated carbocycles. The SMILES string of the molecule is CC(F)c1ccc2c(=O)oc3cc(O)ccc3c2c1. The Balaban J connectivity index is 2.50. The second-order valence-corrected chi connectivity index (χ2v) is 4.49. The molecule has 2 aromatic carbocycles. The number of aromatic hydroxyl groups is 1. The summed E-state index contributed by atoms with van der Waals surface area (Å²) in [6.45, 7) is 1.45. The largest absolute Gasteiger partial charge is 0.508 e. The molecule has 1 heterocycles. The maximum Gasteiger partial charge on any atom is 0.344 e. The minimum atomic E-state index is -1.11. The molecule has 3 aromatic rings. The van der Waals surface area contributed by atoms with Crippen molar-refractivity contribution < 1.29 is 13.9 Å². The van der Waals surface area contributed by atoms with E-state index in [9.17, 15) is 14.3 Å². The molecule has 0 aliphatic rings. The number of hydrogen-bond donors (Lipinski definition) is 1. The summed E-state index contributed by atoms with van der Waals surface area (Å²) in [6, 6.07) is 9.34. The minimum Gasteiger partial charge on any atom is -0.508 e. The monoisotopic (exact) mass is 258 g/mol. The van der Waals surface area contributed by atoms with Crippen molar-refractivity contribution in [1.82, 2.24) is 0 Å². The van der Waals surface area contributed by atoms with Gasteiger partial charge in [-0.15, -0.1) is 0 Å². The van der Waals surface area contributed by atoms with Crippen LogP contribution < -0.4 is 5.63 Å². The highest BCUT2D eigenvalue weighted by Crippen LogP contribution is 2.28. The highest BCUT2D eigenvalue weighted by atomic mass is 19.1. The number of phenolic OH excluding ortho intramolecular Hbond substituents is 1. The second-order valence-electron chi connectivity index (χ2n) is 4.49. The van der Waals surface area contributed by atoms with E-state index in [1.165, 1.54) is 19.1 Å². The van der Waals surface area contributed by atoms with E-state index in [1.54, 1.807) is 24.3 Å². The number of hydrogen-bond acceptors (Lipinski definition) is 3. The van der Waals surface area contributed by atoms with Crippen LogP contribution in [0, 0.1) is 0 Å². The van der Waals surface area contributed by atoms with Crippen LogP contribution in [0.5, 0.6) is 5.75 Å². The summed E-state index contributed by atoms with van der Waals surface area (Å²) in [5.74, 6) is 0.0185. The molecule has 0 bridgehead atoms. The Hall–Kier alpha value is -2.36. The van der Waals surface area contributed by atoms with Gasteiger partial charge in [-0.1, -0.05) is 6.07 Å². The maximum absolute atomic E-state index is 13.4. The van der Waals surface area contributed by atoms with Crippen LogP contribution in [0.4, 0.5) is 4.39 Å². The Kier molecular flexibility index (Phi) is 2.52. The van der Waals surface area contributed by atoms with Crippen LogP contribution in [-0.2, 0) is 0 Å². The van der Waals surface area contributed by atoms with E-state index >= 15 is 0 Å². The van der Waals surface area contributed by atoms with Crippen molar-refractivity contribution in [2.75, 3.05) is 0 Å². The summed E-state index contributed by atoms with van der Waals surface area (Å²) in [7, 11) is 0. The third-order valence-corrected chi connectivity index (χ3v) is 3.18. The van der Waals surface area contributed by atoms with Crippen LogP contribution in [0.15, 0.2) is 45.6 Å². The Bertz CT molecular complexity index is 834. The molecule has 0 aliphatic heterocycles. The van der Waals surface area contributed by atoms with E-state index in [-0.39, 0.29) is 5.75 Å². The summed E-state index contributed by atoms with van der Waals surface area (Å²) in [6.07, 6.45) is -1.11. The molecule has 96 valence electrons. The van der Waals surface area contributed by atoms with Crippen LogP contribution in [0.25, 0.3) is 21.7 Å². The molecule has 0 spiro atoms. The summed E-state index contributed by atoms with van der Waals surface area (Å²) in [5, 5.41) is 11.1. The Morgan fingerprint density at radius 2 is 1.84 bits per heavy atom. The van der Waals surface area contributed by atoms with Gasteiger partial charge in [0.25, 0.3) is 0 Å². The molecule has 3 nitrogen and oxygen atoms in total. The van der Waals surface area contributed by atoms with Gasteiger partial charge in [-0.2, -0.15) is 0 Å². The molecule has 1 aromatic heterocycles. The summed E-state index contributed by atoms with van der Waals surface area (Å²) < 4.78 is 18.5. The molecule has 3 rings (SSSR count). The van der Waals surface area contributed by atoms with Crippen molar-refractivity contribution in [3.8, 4) is 5.75 Å². The van der Waals surface area contributed by atoms with E-state index in [0.29, 0.717) is 27.3 Å².